The molecule has 0 aliphatic carbocycles. The third-order valence-corrected chi connectivity index (χ3v) is 1.58. The van der Waals surface area contributed by atoms with E-state index in [0.717, 1.165) is 11.6 Å². The van der Waals surface area contributed by atoms with Gasteiger partial charge in [-0.25, -0.2) is 10.6 Å². The van der Waals surface area contributed by atoms with Crippen LogP contribution < -0.4 is 5.84 Å². The van der Waals surface area contributed by atoms with Gasteiger partial charge in [-0.2, -0.15) is 5.01 Å². The summed E-state index contributed by atoms with van der Waals surface area (Å²) in [7, 11) is 4.40. The molecule has 7 heteroatoms. The van der Waals surface area contributed by atoms with Gasteiger partial charge in [-0.05, 0) is 6.42 Å². The number of rotatable bonds is 5. The van der Waals surface area contributed by atoms with E-state index in [1.165, 1.54) is 14.2 Å². The van der Waals surface area contributed by atoms with Crippen LogP contribution in [0.3, 0.4) is 0 Å². The zero-order chi connectivity index (χ0) is 11.1. The van der Waals surface area contributed by atoms with Crippen LogP contribution in [0.4, 0.5) is 4.79 Å². The molecule has 0 aliphatic heterocycles. The molecule has 7 nitrogen and oxygen atoms in total. The van der Waals surface area contributed by atoms with Crippen molar-refractivity contribution in [3.05, 3.63) is 0 Å². The summed E-state index contributed by atoms with van der Waals surface area (Å²) in [5.74, 6) is 5.24. The summed E-state index contributed by atoms with van der Waals surface area (Å²) in [5.41, 5.74) is 0. The number of nitrogens with two attached hydrogens (primary N) is 1. The van der Waals surface area contributed by atoms with E-state index >= 15 is 0 Å². The maximum absolute atomic E-state index is 11.5. The van der Waals surface area contributed by atoms with Gasteiger partial charge in [-0.3, -0.25) is 9.68 Å². The molecule has 0 fully saturated rings. The molecule has 0 aromatic heterocycles. The molecule has 0 atom stereocenters. The highest BCUT2D eigenvalue weighted by atomic mass is 16.8. The molecule has 0 aliphatic rings. The number of amides is 2. The van der Waals surface area contributed by atoms with Gasteiger partial charge < -0.3 is 0 Å². The van der Waals surface area contributed by atoms with Crippen LogP contribution in [-0.2, 0) is 9.68 Å². The third kappa shape index (κ3) is 3.46. The zero-order valence-corrected chi connectivity index (χ0v) is 9.06. The van der Waals surface area contributed by atoms with E-state index in [1.54, 1.807) is 12.1 Å². The minimum atomic E-state index is -0.592. The Kier molecular flexibility index (Phi) is 6.13. The Balaban J connectivity index is 4.31. The predicted octanol–water partition coefficient (Wildman–Crippen LogP) is -0.0363. The number of hydroxylamine groups is 2. The number of urea groups is 1. The Morgan fingerprint density at radius 1 is 1.36 bits per heavy atom. The van der Waals surface area contributed by atoms with Crippen molar-refractivity contribution >= 4 is 6.03 Å². The van der Waals surface area contributed by atoms with Gasteiger partial charge in [0, 0.05) is 13.6 Å². The summed E-state index contributed by atoms with van der Waals surface area (Å²) in [6, 6.07) is -0.592. The second kappa shape index (κ2) is 6.55. The summed E-state index contributed by atoms with van der Waals surface area (Å²) in [4.78, 5) is 20.9. The lowest BCUT2D eigenvalue weighted by Gasteiger charge is -2.30. The van der Waals surface area contributed by atoms with Crippen molar-refractivity contribution in [1.29, 1.82) is 0 Å². The smallest absolute Gasteiger partial charge is 0.257 e. The van der Waals surface area contributed by atoms with Gasteiger partial charge in [-0.15, -0.1) is 10.3 Å². The summed E-state index contributed by atoms with van der Waals surface area (Å²) < 4.78 is 0. The fraction of sp³-hybridized carbons (Fsp3) is 0.857. The van der Waals surface area contributed by atoms with Crippen LogP contribution in [0.15, 0.2) is 0 Å². The first kappa shape index (κ1) is 13.1. The third-order valence-electron chi connectivity index (χ3n) is 1.58. The first-order valence-corrected chi connectivity index (χ1v) is 4.26. The van der Waals surface area contributed by atoms with Crippen LogP contribution in [0.1, 0.15) is 13.3 Å². The van der Waals surface area contributed by atoms with Crippen LogP contribution in [0.5, 0.6) is 0 Å². The molecule has 0 heterocycles. The molecule has 0 aromatic carbocycles. The molecule has 0 rings (SSSR count). The summed E-state index contributed by atoms with van der Waals surface area (Å²) >= 11 is 0. The molecular weight excluding hydrogens is 188 g/mol. The minimum absolute atomic E-state index is 0.592. The molecule has 0 unspecified atom stereocenters. The number of nitrogens with zero attached hydrogens (tertiary/aromatic N) is 3. The van der Waals surface area contributed by atoms with Gasteiger partial charge >= 0.3 is 6.03 Å². The van der Waals surface area contributed by atoms with Crippen molar-refractivity contribution in [2.45, 2.75) is 13.3 Å². The Morgan fingerprint density at radius 3 is 2.29 bits per heavy atom. The molecule has 14 heavy (non-hydrogen) atoms. The lowest BCUT2D eigenvalue weighted by atomic mass is 10.5. The van der Waals surface area contributed by atoms with Gasteiger partial charge in [-0.1, -0.05) is 6.92 Å². The van der Waals surface area contributed by atoms with Crippen LogP contribution in [0.2, 0.25) is 0 Å². The fourth-order valence-corrected chi connectivity index (χ4v) is 0.940. The summed E-state index contributed by atoms with van der Waals surface area (Å²) in [6.45, 7) is 2.67. The van der Waals surface area contributed by atoms with E-state index in [0.29, 0.717) is 11.7 Å². The molecule has 84 valence electrons. The van der Waals surface area contributed by atoms with Crippen molar-refractivity contribution in [3.8, 4) is 0 Å². The van der Waals surface area contributed by atoms with E-state index in [2.05, 4.69) is 4.84 Å². The highest BCUT2D eigenvalue weighted by Gasteiger charge is 2.22. The highest BCUT2D eigenvalue weighted by Crippen LogP contribution is 2.00. The van der Waals surface area contributed by atoms with Crippen molar-refractivity contribution in [3.63, 3.8) is 0 Å². The molecule has 0 bridgehead atoms. The van der Waals surface area contributed by atoms with Crippen molar-refractivity contribution in [1.82, 2.24) is 15.4 Å². The average Bonchev–Trinajstić information content (AvgIpc) is 2.18. The second-order valence-corrected chi connectivity index (χ2v) is 2.63. The predicted molar refractivity (Wildman–Crippen MR) is 50.2 cm³/mol. The van der Waals surface area contributed by atoms with E-state index in [-0.39, 0.29) is 0 Å². The number of carbonyl (C=O) groups excluding carboxylic acids is 1. The maximum Gasteiger partial charge on any atom is 0.398 e. The van der Waals surface area contributed by atoms with E-state index < -0.39 is 6.03 Å². The standard InChI is InChI=1S/C7H18N4O3/c1-5-6-9(2)11(14-4)7(12)10(8)13-3/h5-6,8H2,1-4H3. The normalized spacial score (nSPS) is 10.4. The quantitative estimate of drug-likeness (QED) is 0.388. The highest BCUT2D eigenvalue weighted by molar-refractivity contribution is 5.70. The summed E-state index contributed by atoms with van der Waals surface area (Å²) in [6.07, 6.45) is 0.890. The van der Waals surface area contributed by atoms with Crippen molar-refractivity contribution in [2.75, 3.05) is 27.8 Å². The monoisotopic (exact) mass is 206 g/mol. The van der Waals surface area contributed by atoms with Gasteiger partial charge in [0.2, 0.25) is 0 Å². The van der Waals surface area contributed by atoms with Gasteiger partial charge in [0.05, 0.1) is 14.2 Å². The molecule has 0 saturated carbocycles. The first-order valence-electron chi connectivity index (χ1n) is 4.26. The molecule has 0 spiro atoms. The Bertz CT molecular complexity index is 178. The van der Waals surface area contributed by atoms with Gasteiger partial charge in [0.1, 0.15) is 0 Å². The Morgan fingerprint density at radius 2 is 1.93 bits per heavy atom. The van der Waals surface area contributed by atoms with Crippen LogP contribution in [-0.4, -0.2) is 49.2 Å². The largest absolute Gasteiger partial charge is 0.398 e. The first-order chi connectivity index (χ1) is 6.58. The molecule has 0 saturated heterocycles. The van der Waals surface area contributed by atoms with Gasteiger partial charge in [0.25, 0.3) is 0 Å². The molecule has 0 radical (unpaired) electrons. The molecule has 2 N–H and O–H groups in total. The second-order valence-electron chi connectivity index (χ2n) is 2.63. The zero-order valence-electron chi connectivity index (χ0n) is 9.06. The number of hydrogen-bond acceptors (Lipinski definition) is 5. The Hall–Kier alpha value is -0.890. The molecule has 0 aromatic rings. The lowest BCUT2D eigenvalue weighted by molar-refractivity contribution is -0.241. The minimum Gasteiger partial charge on any atom is -0.257 e. The maximum atomic E-state index is 11.5. The van der Waals surface area contributed by atoms with Crippen LogP contribution in [0, 0.1) is 0 Å². The van der Waals surface area contributed by atoms with E-state index in [1.807, 2.05) is 6.92 Å². The van der Waals surface area contributed by atoms with E-state index in [9.17, 15) is 4.79 Å². The van der Waals surface area contributed by atoms with Crippen LogP contribution >= 0.6 is 0 Å². The van der Waals surface area contributed by atoms with Gasteiger partial charge in [0.15, 0.2) is 0 Å². The van der Waals surface area contributed by atoms with E-state index in [4.69, 9.17) is 10.7 Å². The number of hydrogen-bond donors (Lipinski definition) is 1. The number of hydrazine groups is 2. The SMILES string of the molecule is CCCN(C)N(OC)C(=O)N(N)OC. The topological polar surface area (TPSA) is 71.3 Å². The van der Waals surface area contributed by atoms with Crippen molar-refractivity contribution < 1.29 is 14.5 Å². The molecular formula is C7H18N4O3. The summed E-state index contributed by atoms with van der Waals surface area (Å²) in [5, 5.41) is 3.21. The fourth-order valence-electron chi connectivity index (χ4n) is 0.940. The number of carbonyl (C=O) groups is 1. The Labute approximate surface area is 83.8 Å². The van der Waals surface area contributed by atoms with Crippen LogP contribution in [0.25, 0.3) is 0 Å². The average molecular weight is 206 g/mol. The lowest BCUT2D eigenvalue weighted by Crippen LogP contribution is -2.52. The van der Waals surface area contributed by atoms with Crippen molar-refractivity contribution in [2.24, 2.45) is 5.84 Å². The molecule has 2 amide bonds.